The number of aromatic hydroxyl groups is 1. The molecule has 0 bridgehead atoms. The fourth-order valence-electron chi connectivity index (χ4n) is 1.56. The van der Waals surface area contributed by atoms with Crippen LogP contribution in [0, 0.1) is 6.92 Å². The number of carbonyl (C=O) groups excluding carboxylic acids is 2. The monoisotopic (exact) mass is 271 g/mol. The standard InChI is InChI=1S/C14H13N3O3/c1-9-4-2-7-12(15-9)17-14(20)13(19)16-10-5-3-6-11(18)8-10/h2-8,18H,1H3,(H,16,19)(H,15,17,20). The van der Waals surface area contributed by atoms with Gasteiger partial charge in [-0.2, -0.15) is 0 Å². The van der Waals surface area contributed by atoms with E-state index in [2.05, 4.69) is 15.6 Å². The third-order valence-electron chi connectivity index (χ3n) is 2.44. The smallest absolute Gasteiger partial charge is 0.315 e. The minimum absolute atomic E-state index is 0.00330. The summed E-state index contributed by atoms with van der Waals surface area (Å²) in [7, 11) is 0. The van der Waals surface area contributed by atoms with Gasteiger partial charge in [-0.05, 0) is 31.2 Å². The van der Waals surface area contributed by atoms with Crippen LogP contribution in [0.2, 0.25) is 0 Å². The van der Waals surface area contributed by atoms with E-state index in [-0.39, 0.29) is 5.75 Å². The van der Waals surface area contributed by atoms with E-state index in [0.717, 1.165) is 5.69 Å². The molecular formula is C14H13N3O3. The lowest BCUT2D eigenvalue weighted by atomic mass is 10.3. The molecule has 0 aliphatic heterocycles. The molecule has 2 aromatic rings. The van der Waals surface area contributed by atoms with Gasteiger partial charge >= 0.3 is 11.8 Å². The predicted molar refractivity (Wildman–Crippen MR) is 74.3 cm³/mol. The Labute approximate surface area is 115 Å². The lowest BCUT2D eigenvalue weighted by Gasteiger charge is -2.06. The van der Waals surface area contributed by atoms with Gasteiger partial charge in [0.1, 0.15) is 11.6 Å². The molecule has 0 aliphatic rings. The Hall–Kier alpha value is -2.89. The predicted octanol–water partition coefficient (Wildman–Crippen LogP) is 1.67. The zero-order valence-electron chi connectivity index (χ0n) is 10.8. The number of hydrogen-bond acceptors (Lipinski definition) is 4. The van der Waals surface area contributed by atoms with Crippen molar-refractivity contribution >= 4 is 23.3 Å². The number of anilines is 2. The van der Waals surface area contributed by atoms with Gasteiger partial charge in [0.15, 0.2) is 0 Å². The molecule has 0 saturated carbocycles. The van der Waals surface area contributed by atoms with Gasteiger partial charge in [0.05, 0.1) is 0 Å². The van der Waals surface area contributed by atoms with Crippen molar-refractivity contribution in [3.8, 4) is 5.75 Å². The van der Waals surface area contributed by atoms with E-state index in [1.54, 1.807) is 37.3 Å². The number of pyridine rings is 1. The summed E-state index contributed by atoms with van der Waals surface area (Å²) in [5.41, 5.74) is 1.07. The minimum atomic E-state index is -0.834. The first-order valence-electron chi connectivity index (χ1n) is 5.89. The van der Waals surface area contributed by atoms with Crippen LogP contribution in [0.4, 0.5) is 11.5 Å². The highest BCUT2D eigenvalue weighted by atomic mass is 16.3. The summed E-state index contributed by atoms with van der Waals surface area (Å²) in [6.07, 6.45) is 0. The van der Waals surface area contributed by atoms with Crippen molar-refractivity contribution in [2.75, 3.05) is 10.6 Å². The Morgan fingerprint density at radius 2 is 1.75 bits per heavy atom. The summed E-state index contributed by atoms with van der Waals surface area (Å²) in [6.45, 7) is 1.78. The zero-order valence-corrected chi connectivity index (χ0v) is 10.8. The second-order valence-electron chi connectivity index (χ2n) is 4.12. The van der Waals surface area contributed by atoms with E-state index in [9.17, 15) is 14.7 Å². The first-order chi connectivity index (χ1) is 9.54. The molecule has 20 heavy (non-hydrogen) atoms. The Bertz CT molecular complexity index is 598. The maximum Gasteiger partial charge on any atom is 0.315 e. The number of nitrogens with zero attached hydrogens (tertiary/aromatic N) is 1. The van der Waals surface area contributed by atoms with Crippen LogP contribution < -0.4 is 10.6 Å². The quantitative estimate of drug-likeness (QED) is 0.724. The van der Waals surface area contributed by atoms with Crippen molar-refractivity contribution in [3.63, 3.8) is 0 Å². The maximum atomic E-state index is 11.7. The molecule has 0 saturated heterocycles. The number of hydrogen-bond donors (Lipinski definition) is 3. The average Bonchev–Trinajstić information content (AvgIpc) is 2.38. The Kier molecular flexibility index (Phi) is 3.95. The fourth-order valence-corrected chi connectivity index (χ4v) is 1.56. The van der Waals surface area contributed by atoms with Crippen molar-refractivity contribution in [3.05, 3.63) is 48.2 Å². The molecule has 1 aromatic carbocycles. The first kappa shape index (κ1) is 13.5. The number of phenols is 1. The number of benzene rings is 1. The molecular weight excluding hydrogens is 258 g/mol. The van der Waals surface area contributed by atoms with E-state index in [1.165, 1.54) is 12.1 Å². The lowest BCUT2D eigenvalue weighted by molar-refractivity contribution is -0.133. The van der Waals surface area contributed by atoms with Gasteiger partial charge in [-0.15, -0.1) is 0 Å². The van der Waals surface area contributed by atoms with Crippen LogP contribution in [0.5, 0.6) is 5.75 Å². The molecule has 0 spiro atoms. The number of rotatable bonds is 2. The fraction of sp³-hybridized carbons (Fsp3) is 0.0714. The largest absolute Gasteiger partial charge is 0.508 e. The van der Waals surface area contributed by atoms with Crippen molar-refractivity contribution in [1.82, 2.24) is 4.98 Å². The molecule has 1 heterocycles. The molecule has 6 nitrogen and oxygen atoms in total. The van der Waals surface area contributed by atoms with Gasteiger partial charge in [-0.1, -0.05) is 12.1 Å². The molecule has 102 valence electrons. The van der Waals surface area contributed by atoms with Gasteiger partial charge in [0.2, 0.25) is 0 Å². The van der Waals surface area contributed by atoms with Crippen LogP contribution >= 0.6 is 0 Å². The van der Waals surface area contributed by atoms with E-state index in [0.29, 0.717) is 11.5 Å². The minimum Gasteiger partial charge on any atom is -0.508 e. The average molecular weight is 271 g/mol. The highest BCUT2D eigenvalue weighted by Gasteiger charge is 2.14. The maximum absolute atomic E-state index is 11.7. The molecule has 0 radical (unpaired) electrons. The summed E-state index contributed by atoms with van der Waals surface area (Å²) < 4.78 is 0. The molecule has 0 unspecified atom stereocenters. The highest BCUT2D eigenvalue weighted by Crippen LogP contribution is 2.15. The highest BCUT2D eigenvalue weighted by molar-refractivity contribution is 6.43. The Morgan fingerprint density at radius 3 is 2.45 bits per heavy atom. The molecule has 2 rings (SSSR count). The third kappa shape index (κ3) is 3.55. The van der Waals surface area contributed by atoms with E-state index < -0.39 is 11.8 Å². The SMILES string of the molecule is Cc1cccc(NC(=O)C(=O)Nc2cccc(O)c2)n1. The van der Waals surface area contributed by atoms with Crippen LogP contribution in [-0.2, 0) is 9.59 Å². The van der Waals surface area contributed by atoms with E-state index >= 15 is 0 Å². The number of phenolic OH excluding ortho intramolecular Hbond substituents is 1. The van der Waals surface area contributed by atoms with Gasteiger partial charge in [-0.25, -0.2) is 4.98 Å². The number of aryl methyl sites for hydroxylation is 1. The summed E-state index contributed by atoms with van der Waals surface area (Å²) in [4.78, 5) is 27.4. The van der Waals surface area contributed by atoms with Gasteiger partial charge < -0.3 is 15.7 Å². The normalized spacial score (nSPS) is 9.85. The molecule has 0 atom stereocenters. The number of amides is 2. The number of aromatic nitrogens is 1. The van der Waals surface area contributed by atoms with E-state index in [4.69, 9.17) is 0 Å². The number of nitrogens with one attached hydrogen (secondary N) is 2. The summed E-state index contributed by atoms with van der Waals surface area (Å²) in [6, 6.07) is 11.0. The first-order valence-corrected chi connectivity index (χ1v) is 5.89. The van der Waals surface area contributed by atoms with Crippen molar-refractivity contribution < 1.29 is 14.7 Å². The second-order valence-corrected chi connectivity index (χ2v) is 4.12. The second kappa shape index (κ2) is 5.83. The van der Waals surface area contributed by atoms with Gasteiger partial charge in [0, 0.05) is 17.4 Å². The van der Waals surface area contributed by atoms with Crippen molar-refractivity contribution in [2.24, 2.45) is 0 Å². The molecule has 0 fully saturated rings. The molecule has 2 amide bonds. The lowest BCUT2D eigenvalue weighted by Crippen LogP contribution is -2.29. The summed E-state index contributed by atoms with van der Waals surface area (Å²) in [5, 5.41) is 14.0. The topological polar surface area (TPSA) is 91.3 Å². The Balaban J connectivity index is 2.01. The van der Waals surface area contributed by atoms with Gasteiger partial charge in [0.25, 0.3) is 0 Å². The van der Waals surface area contributed by atoms with Crippen molar-refractivity contribution in [2.45, 2.75) is 6.92 Å². The molecule has 1 aromatic heterocycles. The summed E-state index contributed by atoms with van der Waals surface area (Å²) >= 11 is 0. The van der Waals surface area contributed by atoms with Crippen molar-refractivity contribution in [1.29, 1.82) is 0 Å². The third-order valence-corrected chi connectivity index (χ3v) is 2.44. The van der Waals surface area contributed by atoms with Crippen LogP contribution in [0.25, 0.3) is 0 Å². The van der Waals surface area contributed by atoms with Crippen LogP contribution in [0.15, 0.2) is 42.5 Å². The number of carbonyl (C=O) groups is 2. The van der Waals surface area contributed by atoms with E-state index in [1.807, 2.05) is 0 Å². The molecule has 6 heteroatoms. The van der Waals surface area contributed by atoms with Crippen LogP contribution in [0.1, 0.15) is 5.69 Å². The zero-order chi connectivity index (χ0) is 14.5. The Morgan fingerprint density at radius 1 is 1.05 bits per heavy atom. The molecule has 0 aliphatic carbocycles. The van der Waals surface area contributed by atoms with Gasteiger partial charge in [-0.3, -0.25) is 9.59 Å². The van der Waals surface area contributed by atoms with Crippen LogP contribution in [0.3, 0.4) is 0 Å². The molecule has 3 N–H and O–H groups in total. The van der Waals surface area contributed by atoms with Crippen LogP contribution in [-0.4, -0.2) is 21.9 Å². The summed E-state index contributed by atoms with van der Waals surface area (Å²) in [5.74, 6) is -1.35.